The molecule has 0 aliphatic rings. The predicted octanol–water partition coefficient (Wildman–Crippen LogP) is 2.47. The van der Waals surface area contributed by atoms with Gasteiger partial charge < -0.3 is 15.2 Å². The Bertz CT molecular complexity index is 1460. The van der Waals surface area contributed by atoms with E-state index in [1.54, 1.807) is 48.4 Å². The summed E-state index contributed by atoms with van der Waals surface area (Å²) < 4.78 is 8.17. The van der Waals surface area contributed by atoms with Crippen molar-refractivity contribution in [2.45, 2.75) is 13.1 Å². The monoisotopic (exact) mass is 481 g/mol. The molecule has 0 saturated heterocycles. The molecule has 0 saturated carbocycles. The summed E-state index contributed by atoms with van der Waals surface area (Å²) in [6, 6.07) is 8.25. The van der Waals surface area contributed by atoms with Crippen molar-refractivity contribution in [1.29, 1.82) is 0 Å². The summed E-state index contributed by atoms with van der Waals surface area (Å²) in [4.78, 5) is 41.9. The molecule has 3 aromatic heterocycles. The molecule has 0 unspecified atom stereocenters. The number of carbonyl (C=O) groups excluding carboxylic acids is 1. The lowest BCUT2D eigenvalue weighted by atomic mass is 10.1. The lowest BCUT2D eigenvalue weighted by molar-refractivity contribution is -0.137. The fourth-order valence-electron chi connectivity index (χ4n) is 3.60. The van der Waals surface area contributed by atoms with Crippen LogP contribution in [0.1, 0.15) is 15.9 Å². The second-order valence-electron chi connectivity index (χ2n) is 7.50. The number of carbonyl (C=O) groups is 2. The molecule has 2 N–H and O–H groups in total. The molecule has 11 heteroatoms. The van der Waals surface area contributed by atoms with E-state index in [2.05, 4.69) is 15.4 Å². The number of ether oxygens (including phenoxy) is 1. The summed E-state index contributed by atoms with van der Waals surface area (Å²) in [7, 11) is 3.21. The smallest absolute Gasteiger partial charge is 0.323 e. The van der Waals surface area contributed by atoms with Crippen molar-refractivity contribution in [1.82, 2.24) is 24.6 Å². The highest BCUT2D eigenvalue weighted by molar-refractivity contribution is 6.30. The van der Waals surface area contributed by atoms with E-state index in [0.29, 0.717) is 27.3 Å². The maximum atomic E-state index is 13.1. The third-order valence-electron chi connectivity index (χ3n) is 5.19. The van der Waals surface area contributed by atoms with E-state index >= 15 is 0 Å². The molecule has 174 valence electrons. The third kappa shape index (κ3) is 4.48. The number of aromatic nitrogens is 4. The minimum absolute atomic E-state index is 0.0890. The van der Waals surface area contributed by atoms with Crippen LogP contribution in [0.15, 0.2) is 53.7 Å². The van der Waals surface area contributed by atoms with Crippen molar-refractivity contribution in [3.05, 3.63) is 75.4 Å². The number of halogens is 1. The van der Waals surface area contributed by atoms with Gasteiger partial charge in [0.2, 0.25) is 0 Å². The number of benzene rings is 1. The number of pyridine rings is 2. The minimum atomic E-state index is -1.25. The van der Waals surface area contributed by atoms with Crippen LogP contribution in [0.2, 0.25) is 5.02 Å². The van der Waals surface area contributed by atoms with E-state index in [9.17, 15) is 19.5 Å². The number of aryl methyl sites for hydroxylation is 1. The first-order valence-electron chi connectivity index (χ1n) is 10.1. The number of aliphatic carboxylic acids is 1. The van der Waals surface area contributed by atoms with Crippen LogP contribution in [0.5, 0.6) is 5.75 Å². The maximum Gasteiger partial charge on any atom is 0.323 e. The predicted molar refractivity (Wildman–Crippen MR) is 125 cm³/mol. The number of carboxylic acid groups (broad SMARTS) is 1. The summed E-state index contributed by atoms with van der Waals surface area (Å²) in [5.41, 5.74) is 1.15. The van der Waals surface area contributed by atoms with Crippen LogP contribution in [0, 0.1) is 0 Å². The van der Waals surface area contributed by atoms with Gasteiger partial charge in [-0.2, -0.15) is 5.10 Å². The van der Waals surface area contributed by atoms with Crippen molar-refractivity contribution < 1.29 is 19.4 Å². The topological polar surface area (TPSA) is 128 Å². The quantitative estimate of drug-likeness (QED) is 0.415. The third-order valence-corrected chi connectivity index (χ3v) is 5.44. The Morgan fingerprint density at radius 2 is 1.94 bits per heavy atom. The standard InChI is InChI=1S/C23H20ClN5O5/c1-28-11-14(9-27-28)18-10-25-21-16(20(18)34-2)7-17(23(33)29(21)12-19(30)31)22(32)26-8-13-3-5-15(24)6-4-13/h3-7,9-11H,8,12H2,1-2H3,(H,26,32)(H,30,31). The Balaban J connectivity index is 1.84. The fraction of sp³-hybridized carbons (Fsp3) is 0.174. The highest BCUT2D eigenvalue weighted by Crippen LogP contribution is 2.35. The first kappa shape index (κ1) is 23.0. The number of nitrogens with zero attached hydrogens (tertiary/aromatic N) is 4. The van der Waals surface area contributed by atoms with Gasteiger partial charge in [-0.25, -0.2) is 4.98 Å². The van der Waals surface area contributed by atoms with Gasteiger partial charge in [0, 0.05) is 42.1 Å². The molecule has 3 heterocycles. The number of hydrogen-bond acceptors (Lipinski definition) is 6. The molecular weight excluding hydrogens is 462 g/mol. The van der Waals surface area contributed by atoms with Crippen LogP contribution in [0.3, 0.4) is 0 Å². The van der Waals surface area contributed by atoms with Crippen molar-refractivity contribution in [2.75, 3.05) is 7.11 Å². The molecule has 0 radical (unpaired) electrons. The molecule has 34 heavy (non-hydrogen) atoms. The van der Waals surface area contributed by atoms with Gasteiger partial charge in [0.15, 0.2) is 0 Å². The number of nitrogens with one attached hydrogen (secondary N) is 1. The maximum absolute atomic E-state index is 13.1. The lowest BCUT2D eigenvalue weighted by Crippen LogP contribution is -2.34. The number of amides is 1. The molecule has 10 nitrogen and oxygen atoms in total. The van der Waals surface area contributed by atoms with Gasteiger partial charge in [0.05, 0.1) is 18.7 Å². The highest BCUT2D eigenvalue weighted by atomic mass is 35.5. The molecular formula is C23H20ClN5O5. The van der Waals surface area contributed by atoms with Gasteiger partial charge in [0.1, 0.15) is 23.5 Å². The average Bonchev–Trinajstić information content (AvgIpc) is 3.25. The van der Waals surface area contributed by atoms with Crippen molar-refractivity contribution in [3.63, 3.8) is 0 Å². The first-order chi connectivity index (χ1) is 16.3. The normalized spacial score (nSPS) is 10.9. The lowest BCUT2D eigenvalue weighted by Gasteiger charge is -2.15. The first-order valence-corrected chi connectivity index (χ1v) is 10.5. The second kappa shape index (κ2) is 9.36. The van der Waals surface area contributed by atoms with E-state index < -0.39 is 24.0 Å². The molecule has 0 bridgehead atoms. The molecule has 0 aliphatic carbocycles. The minimum Gasteiger partial charge on any atom is -0.495 e. The number of methoxy groups -OCH3 is 1. The summed E-state index contributed by atoms with van der Waals surface area (Å²) in [5.74, 6) is -1.57. The number of hydrogen-bond donors (Lipinski definition) is 2. The number of fused-ring (bicyclic) bond motifs is 1. The molecule has 4 aromatic rings. The van der Waals surface area contributed by atoms with Crippen LogP contribution in [0.25, 0.3) is 22.2 Å². The van der Waals surface area contributed by atoms with Gasteiger partial charge in [-0.05, 0) is 23.8 Å². The van der Waals surface area contributed by atoms with Crippen molar-refractivity contribution >= 4 is 34.5 Å². The summed E-state index contributed by atoms with van der Waals surface area (Å²) >= 11 is 5.89. The summed E-state index contributed by atoms with van der Waals surface area (Å²) in [6.45, 7) is -0.520. The number of carboxylic acids is 1. The molecule has 0 atom stereocenters. The van der Waals surface area contributed by atoms with Gasteiger partial charge in [-0.3, -0.25) is 23.6 Å². The van der Waals surface area contributed by atoms with Crippen LogP contribution in [0.4, 0.5) is 0 Å². The molecule has 1 aromatic carbocycles. The zero-order valence-electron chi connectivity index (χ0n) is 18.3. The zero-order valence-corrected chi connectivity index (χ0v) is 19.0. The SMILES string of the molecule is COc1c(-c2cnn(C)c2)cnc2c1cc(C(=O)NCc1ccc(Cl)cc1)c(=O)n2CC(=O)O. The van der Waals surface area contributed by atoms with Gasteiger partial charge >= 0.3 is 5.97 Å². The molecule has 0 spiro atoms. The molecule has 4 rings (SSSR count). The van der Waals surface area contributed by atoms with E-state index in [0.717, 1.165) is 10.1 Å². The van der Waals surface area contributed by atoms with E-state index in [4.69, 9.17) is 16.3 Å². The average molecular weight is 482 g/mol. The van der Waals surface area contributed by atoms with E-state index in [1.807, 2.05) is 0 Å². The molecule has 1 amide bonds. The Labute approximate surface area is 198 Å². The van der Waals surface area contributed by atoms with Gasteiger partial charge in [-0.1, -0.05) is 23.7 Å². The van der Waals surface area contributed by atoms with Crippen LogP contribution < -0.4 is 15.6 Å². The Hall–Kier alpha value is -4.18. The summed E-state index contributed by atoms with van der Waals surface area (Å²) in [5, 5.41) is 17.1. The van der Waals surface area contributed by atoms with Gasteiger partial charge in [0.25, 0.3) is 11.5 Å². The van der Waals surface area contributed by atoms with Crippen LogP contribution in [-0.4, -0.2) is 43.4 Å². The highest BCUT2D eigenvalue weighted by Gasteiger charge is 2.22. The Kier molecular flexibility index (Phi) is 6.33. The largest absolute Gasteiger partial charge is 0.495 e. The van der Waals surface area contributed by atoms with Crippen LogP contribution in [-0.2, 0) is 24.9 Å². The zero-order chi connectivity index (χ0) is 24.4. The Morgan fingerprint density at radius 1 is 1.21 bits per heavy atom. The van der Waals surface area contributed by atoms with Crippen molar-refractivity contribution in [2.24, 2.45) is 7.05 Å². The Morgan fingerprint density at radius 3 is 2.56 bits per heavy atom. The van der Waals surface area contributed by atoms with Crippen LogP contribution >= 0.6 is 11.6 Å². The number of rotatable bonds is 7. The molecule has 0 aliphatic heterocycles. The van der Waals surface area contributed by atoms with Crippen molar-refractivity contribution in [3.8, 4) is 16.9 Å². The molecule has 0 fully saturated rings. The van der Waals surface area contributed by atoms with E-state index in [1.165, 1.54) is 19.4 Å². The summed E-state index contributed by atoms with van der Waals surface area (Å²) in [6.07, 6.45) is 4.87. The van der Waals surface area contributed by atoms with Gasteiger partial charge in [-0.15, -0.1) is 0 Å². The second-order valence-corrected chi connectivity index (χ2v) is 7.93. The van der Waals surface area contributed by atoms with E-state index in [-0.39, 0.29) is 17.8 Å². The fourth-order valence-corrected chi connectivity index (χ4v) is 3.73.